The van der Waals surface area contributed by atoms with Gasteiger partial charge in [-0.1, -0.05) is 115 Å². The summed E-state index contributed by atoms with van der Waals surface area (Å²) < 4.78 is 0. The van der Waals surface area contributed by atoms with Gasteiger partial charge in [0.15, 0.2) is 0 Å². The van der Waals surface area contributed by atoms with Crippen molar-refractivity contribution in [1.82, 2.24) is 5.32 Å². The second-order valence-electron chi connectivity index (χ2n) is 9.02. The zero-order valence-corrected chi connectivity index (χ0v) is 23.3. The largest absolute Gasteiger partial charge is 0.352 e. The van der Waals surface area contributed by atoms with Crippen LogP contribution in [0.2, 0.25) is 10.0 Å². The number of carbonyl (C=O) groups excluding carboxylic acids is 1. The molecule has 1 atom stereocenters. The lowest BCUT2D eigenvalue weighted by Crippen LogP contribution is -2.29. The highest BCUT2D eigenvalue weighted by Crippen LogP contribution is 2.22. The second kappa shape index (κ2) is 15.3. The van der Waals surface area contributed by atoms with Crippen LogP contribution in [0.5, 0.6) is 0 Å². The fourth-order valence-electron chi connectivity index (χ4n) is 3.83. The summed E-state index contributed by atoms with van der Waals surface area (Å²) in [5.41, 5.74) is 5.47. The molecule has 1 amide bonds. The van der Waals surface area contributed by atoms with Gasteiger partial charge in [0.2, 0.25) is 5.91 Å². The zero-order valence-electron chi connectivity index (χ0n) is 21.8. The van der Waals surface area contributed by atoms with Crippen LogP contribution in [0.1, 0.15) is 35.1 Å². The third kappa shape index (κ3) is 9.94. The van der Waals surface area contributed by atoms with Crippen molar-refractivity contribution < 1.29 is 4.79 Å². The highest BCUT2D eigenvalue weighted by molar-refractivity contribution is 6.30. The van der Waals surface area contributed by atoms with Crippen molar-refractivity contribution in [3.05, 3.63) is 154 Å². The molecule has 0 saturated heterocycles. The molecular weight excluding hydrogens is 523 g/mol. The molecule has 4 aromatic carbocycles. The molecule has 0 aliphatic carbocycles. The maximum absolute atomic E-state index is 11.7. The van der Waals surface area contributed by atoms with Gasteiger partial charge >= 0.3 is 0 Å². The van der Waals surface area contributed by atoms with Crippen molar-refractivity contribution in [1.29, 1.82) is 5.26 Å². The molecule has 0 aromatic heterocycles. The quantitative estimate of drug-likeness (QED) is 0.135. The predicted octanol–water partition coefficient (Wildman–Crippen LogP) is 8.76. The molecule has 0 radical (unpaired) electrons. The summed E-state index contributed by atoms with van der Waals surface area (Å²) in [5.74, 6) is 0.114. The number of rotatable bonds is 8. The molecule has 3 nitrogen and oxygen atoms in total. The predicted molar refractivity (Wildman–Crippen MR) is 164 cm³/mol. The van der Waals surface area contributed by atoms with Crippen LogP contribution in [0.4, 0.5) is 0 Å². The normalized spacial score (nSPS) is 11.4. The van der Waals surface area contributed by atoms with E-state index in [4.69, 9.17) is 28.5 Å². The van der Waals surface area contributed by atoms with Crippen LogP contribution < -0.4 is 5.32 Å². The maximum Gasteiger partial charge on any atom is 0.246 e. The Morgan fingerprint density at radius 1 is 0.872 bits per heavy atom. The highest BCUT2D eigenvalue weighted by atomic mass is 35.5. The first-order chi connectivity index (χ1) is 18.9. The monoisotopic (exact) mass is 552 g/mol. The zero-order chi connectivity index (χ0) is 28.0. The van der Waals surface area contributed by atoms with E-state index >= 15 is 0 Å². The first kappa shape index (κ1) is 29.5. The Kier molecular flexibility index (Phi) is 11.6. The number of carbonyl (C=O) groups is 1. The molecular formula is C34H30Cl2N2O. The standard InChI is InChI=1S/C19H20ClNO.C15H10ClN/c1-14(2)19(22)21-13-17(16-6-4-3-5-7-16)12-15-8-10-18(20)11-9-15;16-15-8-6-12(7-9-15)10-14(11-17)13-4-2-1-3-5-13/h3-11,17H,1,12-13H2,2H3,(H,21,22);1-10H/b;14-10+. The number of amides is 1. The van der Waals surface area contributed by atoms with Crippen molar-refractivity contribution in [2.75, 3.05) is 6.54 Å². The first-order valence-electron chi connectivity index (χ1n) is 12.5. The van der Waals surface area contributed by atoms with Crippen LogP contribution in [0, 0.1) is 11.3 Å². The summed E-state index contributed by atoms with van der Waals surface area (Å²) >= 11 is 11.7. The number of allylic oxidation sites excluding steroid dienone is 1. The van der Waals surface area contributed by atoms with Gasteiger partial charge in [0.25, 0.3) is 0 Å². The molecule has 0 bridgehead atoms. The van der Waals surface area contributed by atoms with Gasteiger partial charge in [-0.25, -0.2) is 0 Å². The van der Waals surface area contributed by atoms with E-state index in [1.54, 1.807) is 6.92 Å². The molecule has 1 unspecified atom stereocenters. The van der Waals surface area contributed by atoms with E-state index < -0.39 is 0 Å². The van der Waals surface area contributed by atoms with Crippen LogP contribution in [-0.4, -0.2) is 12.5 Å². The van der Waals surface area contributed by atoms with Crippen molar-refractivity contribution in [2.24, 2.45) is 0 Å². The lowest BCUT2D eigenvalue weighted by Gasteiger charge is -2.18. The van der Waals surface area contributed by atoms with Gasteiger partial charge in [-0.3, -0.25) is 4.79 Å². The fourth-order valence-corrected chi connectivity index (χ4v) is 4.08. The fraction of sp³-hybridized carbons (Fsp3) is 0.118. The molecule has 0 fully saturated rings. The number of nitrogens with zero attached hydrogens (tertiary/aromatic N) is 1. The number of nitriles is 1. The number of halogens is 2. The van der Waals surface area contributed by atoms with Gasteiger partial charge < -0.3 is 5.32 Å². The molecule has 0 heterocycles. The van der Waals surface area contributed by atoms with Gasteiger partial charge in [-0.15, -0.1) is 0 Å². The minimum Gasteiger partial charge on any atom is -0.352 e. The van der Waals surface area contributed by atoms with E-state index in [1.807, 2.05) is 103 Å². The number of nitrogens with one attached hydrogen (secondary N) is 1. The van der Waals surface area contributed by atoms with Gasteiger partial charge in [-0.05, 0) is 65.9 Å². The van der Waals surface area contributed by atoms with Crippen LogP contribution in [0.3, 0.4) is 0 Å². The third-order valence-corrected chi connectivity index (χ3v) is 6.45. The van der Waals surface area contributed by atoms with Gasteiger partial charge in [-0.2, -0.15) is 5.26 Å². The molecule has 0 saturated carbocycles. The Morgan fingerprint density at radius 2 is 1.41 bits per heavy atom. The Morgan fingerprint density at radius 3 is 1.95 bits per heavy atom. The molecule has 0 aliphatic heterocycles. The number of hydrogen-bond donors (Lipinski definition) is 1. The summed E-state index contributed by atoms with van der Waals surface area (Å²) in [4.78, 5) is 11.7. The van der Waals surface area contributed by atoms with E-state index in [0.29, 0.717) is 22.7 Å². The second-order valence-corrected chi connectivity index (χ2v) is 9.89. The lowest BCUT2D eigenvalue weighted by atomic mass is 9.92. The molecule has 1 N–H and O–H groups in total. The molecule has 196 valence electrons. The Bertz CT molecular complexity index is 1420. The number of hydrogen-bond acceptors (Lipinski definition) is 2. The van der Waals surface area contributed by atoms with Gasteiger partial charge in [0, 0.05) is 28.1 Å². The van der Waals surface area contributed by atoms with Crippen molar-refractivity contribution >= 4 is 40.8 Å². The van der Waals surface area contributed by atoms with E-state index in [2.05, 4.69) is 30.1 Å². The van der Waals surface area contributed by atoms with E-state index in [-0.39, 0.29) is 11.8 Å². The van der Waals surface area contributed by atoms with E-state index in [1.165, 1.54) is 11.1 Å². The average Bonchev–Trinajstić information content (AvgIpc) is 2.97. The summed E-state index contributed by atoms with van der Waals surface area (Å²) in [6.07, 6.45) is 2.70. The van der Waals surface area contributed by atoms with Gasteiger partial charge in [0.1, 0.15) is 0 Å². The topological polar surface area (TPSA) is 52.9 Å². The molecule has 5 heteroatoms. The van der Waals surface area contributed by atoms with Crippen LogP contribution in [0.25, 0.3) is 11.6 Å². The SMILES string of the molecule is C=C(C)C(=O)NCC(Cc1ccc(Cl)cc1)c1ccccc1.N#C/C(=C\c1ccc(Cl)cc1)c1ccccc1. The molecule has 0 aliphatic rings. The number of benzene rings is 4. The van der Waals surface area contributed by atoms with Gasteiger partial charge in [0.05, 0.1) is 11.6 Å². The lowest BCUT2D eigenvalue weighted by molar-refractivity contribution is -0.117. The first-order valence-corrected chi connectivity index (χ1v) is 13.3. The molecule has 0 spiro atoms. The summed E-state index contributed by atoms with van der Waals surface area (Å²) in [6, 6.07) is 37.3. The minimum absolute atomic E-state index is 0.1000. The summed E-state index contributed by atoms with van der Waals surface area (Å²) in [5, 5.41) is 13.5. The maximum atomic E-state index is 11.7. The molecule has 4 rings (SSSR count). The van der Waals surface area contributed by atoms with Crippen molar-refractivity contribution in [2.45, 2.75) is 19.3 Å². The third-order valence-electron chi connectivity index (χ3n) is 5.95. The van der Waals surface area contributed by atoms with Crippen molar-refractivity contribution in [3.8, 4) is 6.07 Å². The molecule has 4 aromatic rings. The minimum atomic E-state index is -0.1000. The highest BCUT2D eigenvalue weighted by Gasteiger charge is 2.14. The molecule has 39 heavy (non-hydrogen) atoms. The van der Waals surface area contributed by atoms with Crippen LogP contribution in [0.15, 0.2) is 121 Å². The van der Waals surface area contributed by atoms with E-state index in [0.717, 1.165) is 22.6 Å². The average molecular weight is 554 g/mol. The summed E-state index contributed by atoms with van der Waals surface area (Å²) in [7, 11) is 0. The summed E-state index contributed by atoms with van der Waals surface area (Å²) in [6.45, 7) is 5.97. The Labute approximate surface area is 241 Å². The van der Waals surface area contributed by atoms with Crippen LogP contribution >= 0.6 is 23.2 Å². The van der Waals surface area contributed by atoms with Crippen LogP contribution in [-0.2, 0) is 11.2 Å². The Hall–Kier alpha value is -4.10. The van der Waals surface area contributed by atoms with E-state index in [9.17, 15) is 4.79 Å². The Balaban J connectivity index is 0.000000223. The smallest absolute Gasteiger partial charge is 0.246 e. The van der Waals surface area contributed by atoms with Crippen molar-refractivity contribution in [3.63, 3.8) is 0 Å².